The lowest BCUT2D eigenvalue weighted by Gasteiger charge is -2.32. The molecule has 2 aliphatic carbocycles. The lowest BCUT2D eigenvalue weighted by atomic mass is 9.73. The maximum absolute atomic E-state index is 12.3. The number of aliphatic hydroxyl groups excluding tert-OH is 1. The summed E-state index contributed by atoms with van der Waals surface area (Å²) in [5.74, 6) is 1.13. The highest BCUT2D eigenvalue weighted by Crippen LogP contribution is 2.48. The van der Waals surface area contributed by atoms with E-state index in [1.807, 2.05) is 42.5 Å². The molecule has 0 spiro atoms. The molecule has 2 aliphatic rings. The lowest BCUT2D eigenvalue weighted by molar-refractivity contribution is -0.155. The van der Waals surface area contributed by atoms with Crippen molar-refractivity contribution >= 4 is 11.8 Å². The Labute approximate surface area is 215 Å². The molecule has 1 saturated carbocycles. The summed E-state index contributed by atoms with van der Waals surface area (Å²) in [6.07, 6.45) is 10.7. The zero-order chi connectivity index (χ0) is 25.3. The highest BCUT2D eigenvalue weighted by atomic mass is 16.5. The van der Waals surface area contributed by atoms with Crippen LogP contribution in [-0.2, 0) is 33.8 Å². The summed E-state index contributed by atoms with van der Waals surface area (Å²) in [6, 6.07) is 15.4. The molecule has 1 fully saturated rings. The molecule has 0 aliphatic heterocycles. The average Bonchev–Trinajstić information content (AvgIpc) is 3.30. The van der Waals surface area contributed by atoms with E-state index >= 15 is 0 Å². The molecule has 36 heavy (non-hydrogen) atoms. The fourth-order valence-corrected chi connectivity index (χ4v) is 6.06. The SMILES string of the molecule is CCCCC[C@H](O)CCC1CC[C@@H]2Cc3c(cccc3OCC(=O)C(=O)OCc3ccccc3)C[C@H]12. The van der Waals surface area contributed by atoms with E-state index in [0.717, 1.165) is 44.1 Å². The van der Waals surface area contributed by atoms with E-state index in [-0.39, 0.29) is 19.3 Å². The van der Waals surface area contributed by atoms with E-state index in [1.54, 1.807) is 0 Å². The van der Waals surface area contributed by atoms with E-state index in [2.05, 4.69) is 13.0 Å². The van der Waals surface area contributed by atoms with Gasteiger partial charge in [-0.25, -0.2) is 4.79 Å². The predicted molar refractivity (Wildman–Crippen MR) is 140 cm³/mol. The maximum atomic E-state index is 12.3. The van der Waals surface area contributed by atoms with Gasteiger partial charge in [0.2, 0.25) is 0 Å². The second kappa shape index (κ2) is 13.0. The summed E-state index contributed by atoms with van der Waals surface area (Å²) in [5.41, 5.74) is 3.32. The van der Waals surface area contributed by atoms with Gasteiger partial charge < -0.3 is 14.6 Å². The van der Waals surface area contributed by atoms with Crippen LogP contribution in [0.3, 0.4) is 0 Å². The molecule has 0 heterocycles. The van der Waals surface area contributed by atoms with Crippen molar-refractivity contribution < 1.29 is 24.2 Å². The fourth-order valence-electron chi connectivity index (χ4n) is 6.06. The number of esters is 1. The Kier molecular flexibility index (Phi) is 9.57. The van der Waals surface area contributed by atoms with E-state index in [4.69, 9.17) is 9.47 Å². The van der Waals surface area contributed by atoms with Crippen molar-refractivity contribution in [3.05, 3.63) is 65.2 Å². The van der Waals surface area contributed by atoms with Gasteiger partial charge >= 0.3 is 5.97 Å². The third-order valence-corrected chi connectivity index (χ3v) is 8.08. The predicted octanol–water partition coefficient (Wildman–Crippen LogP) is 5.84. The molecule has 0 radical (unpaired) electrons. The molecule has 4 atom stereocenters. The summed E-state index contributed by atoms with van der Waals surface area (Å²) in [7, 11) is 0. The van der Waals surface area contributed by atoms with Crippen LogP contribution in [0.4, 0.5) is 0 Å². The van der Waals surface area contributed by atoms with Gasteiger partial charge in [-0.15, -0.1) is 0 Å². The van der Waals surface area contributed by atoms with Crippen molar-refractivity contribution in [1.82, 2.24) is 0 Å². The third-order valence-electron chi connectivity index (χ3n) is 8.08. The number of carbonyl (C=O) groups is 2. The van der Waals surface area contributed by atoms with E-state index in [9.17, 15) is 14.7 Å². The number of hydrogen-bond donors (Lipinski definition) is 1. The van der Waals surface area contributed by atoms with Crippen molar-refractivity contribution in [2.45, 2.75) is 83.8 Å². The van der Waals surface area contributed by atoms with Crippen molar-refractivity contribution in [2.24, 2.45) is 17.8 Å². The van der Waals surface area contributed by atoms with Crippen LogP contribution in [0.25, 0.3) is 0 Å². The number of rotatable bonds is 13. The molecular formula is C31H40O5. The van der Waals surface area contributed by atoms with Gasteiger partial charge in [0.1, 0.15) is 12.4 Å². The van der Waals surface area contributed by atoms with Crippen molar-refractivity contribution in [2.75, 3.05) is 6.61 Å². The molecule has 2 aromatic carbocycles. The Morgan fingerprint density at radius 3 is 2.64 bits per heavy atom. The van der Waals surface area contributed by atoms with Gasteiger partial charge in [-0.05, 0) is 85.5 Å². The molecule has 5 heteroatoms. The van der Waals surface area contributed by atoms with Gasteiger partial charge in [-0.2, -0.15) is 0 Å². The molecule has 5 nitrogen and oxygen atoms in total. The third kappa shape index (κ3) is 6.97. The molecule has 0 bridgehead atoms. The normalized spacial score (nSPS) is 21.3. The van der Waals surface area contributed by atoms with E-state index in [1.165, 1.54) is 36.8 Å². The van der Waals surface area contributed by atoms with Gasteiger partial charge in [0, 0.05) is 0 Å². The number of carbonyl (C=O) groups excluding carboxylic acids is 2. The van der Waals surface area contributed by atoms with Gasteiger partial charge in [-0.1, -0.05) is 68.7 Å². The number of unbranched alkanes of at least 4 members (excludes halogenated alkanes) is 2. The summed E-state index contributed by atoms with van der Waals surface area (Å²) in [6.45, 7) is 1.96. The van der Waals surface area contributed by atoms with Crippen molar-refractivity contribution in [3.8, 4) is 5.75 Å². The zero-order valence-corrected chi connectivity index (χ0v) is 21.5. The molecule has 0 amide bonds. The standard InChI is InChI=1S/C31H40O5/c1-2-3-5-12-26(32)17-16-23-14-15-25-19-28-24(18-27(23)25)11-8-13-30(28)35-21-29(33)31(34)36-20-22-9-6-4-7-10-22/h4,6-11,13,23,25-27,32H,2-3,5,12,14-21H2,1H3/t23?,25-,26+,27-/m1/s1. The molecule has 4 rings (SSSR count). The van der Waals surface area contributed by atoms with Gasteiger partial charge in [0.25, 0.3) is 5.78 Å². The smallest absolute Gasteiger partial charge is 0.378 e. The monoisotopic (exact) mass is 492 g/mol. The highest BCUT2D eigenvalue weighted by molar-refractivity contribution is 6.34. The Hall–Kier alpha value is -2.66. The summed E-state index contributed by atoms with van der Waals surface area (Å²) in [5, 5.41) is 10.4. The minimum absolute atomic E-state index is 0.0755. The number of benzene rings is 2. The quantitative estimate of drug-likeness (QED) is 0.216. The van der Waals surface area contributed by atoms with Crippen LogP contribution in [-0.4, -0.2) is 29.6 Å². The minimum Gasteiger partial charge on any atom is -0.485 e. The van der Waals surface area contributed by atoms with Gasteiger partial charge in [0.15, 0.2) is 6.61 Å². The zero-order valence-electron chi connectivity index (χ0n) is 21.5. The number of ether oxygens (including phenoxy) is 2. The first kappa shape index (κ1) is 26.4. The number of ketones is 1. The first-order valence-corrected chi connectivity index (χ1v) is 13.7. The van der Waals surface area contributed by atoms with Crippen LogP contribution >= 0.6 is 0 Å². The van der Waals surface area contributed by atoms with Crippen LogP contribution < -0.4 is 4.74 Å². The summed E-state index contributed by atoms with van der Waals surface area (Å²) in [4.78, 5) is 24.4. The summed E-state index contributed by atoms with van der Waals surface area (Å²) < 4.78 is 11.0. The van der Waals surface area contributed by atoms with Gasteiger partial charge in [-0.3, -0.25) is 4.79 Å². The minimum atomic E-state index is -0.862. The first-order valence-electron chi connectivity index (χ1n) is 13.7. The van der Waals surface area contributed by atoms with Crippen molar-refractivity contribution in [3.63, 3.8) is 0 Å². The van der Waals surface area contributed by atoms with Gasteiger partial charge in [0.05, 0.1) is 6.10 Å². The molecule has 194 valence electrons. The Balaban J connectivity index is 1.28. The second-order valence-corrected chi connectivity index (χ2v) is 10.6. The molecule has 0 aromatic heterocycles. The lowest BCUT2D eigenvalue weighted by Crippen LogP contribution is -2.27. The largest absolute Gasteiger partial charge is 0.485 e. The van der Waals surface area contributed by atoms with E-state index in [0.29, 0.717) is 23.5 Å². The number of Topliss-reactive ketones (excluding diaryl/α,β-unsaturated/α-hetero) is 1. The molecule has 1 unspecified atom stereocenters. The fraction of sp³-hybridized carbons (Fsp3) is 0.548. The Bertz CT molecular complexity index is 1000. The van der Waals surface area contributed by atoms with Crippen LogP contribution in [0.15, 0.2) is 48.5 Å². The molecular weight excluding hydrogens is 452 g/mol. The van der Waals surface area contributed by atoms with Crippen LogP contribution in [0.1, 0.15) is 75.0 Å². The Morgan fingerprint density at radius 2 is 1.83 bits per heavy atom. The first-order chi connectivity index (χ1) is 17.5. The average molecular weight is 493 g/mol. The van der Waals surface area contributed by atoms with Crippen LogP contribution in [0.5, 0.6) is 5.75 Å². The number of hydrogen-bond acceptors (Lipinski definition) is 5. The second-order valence-electron chi connectivity index (χ2n) is 10.6. The molecule has 2 aromatic rings. The Morgan fingerprint density at radius 1 is 1.00 bits per heavy atom. The van der Waals surface area contributed by atoms with Crippen LogP contribution in [0, 0.1) is 17.8 Å². The maximum Gasteiger partial charge on any atom is 0.378 e. The molecule has 1 N–H and O–H groups in total. The number of fused-ring (bicyclic) bond motifs is 2. The van der Waals surface area contributed by atoms with Crippen LogP contribution in [0.2, 0.25) is 0 Å². The number of aliphatic hydroxyl groups is 1. The topological polar surface area (TPSA) is 72.8 Å². The highest BCUT2D eigenvalue weighted by Gasteiger charge is 2.39. The summed E-state index contributed by atoms with van der Waals surface area (Å²) >= 11 is 0. The van der Waals surface area contributed by atoms with Crippen molar-refractivity contribution in [1.29, 1.82) is 0 Å². The molecule has 0 saturated heterocycles. The van der Waals surface area contributed by atoms with E-state index < -0.39 is 11.8 Å².